The average molecular weight is 219 g/mol. The SMILES string of the molecule is C/C=C/CC(O)C(O)C(N)(CO)C(=O)O. The molecular formula is C9H17NO5. The van der Waals surface area contributed by atoms with Crippen LogP contribution in [0.2, 0.25) is 0 Å². The van der Waals surface area contributed by atoms with Crippen molar-refractivity contribution in [2.75, 3.05) is 6.61 Å². The Hall–Kier alpha value is -0.950. The molecule has 0 spiro atoms. The third-order valence-electron chi connectivity index (χ3n) is 2.17. The van der Waals surface area contributed by atoms with Gasteiger partial charge in [-0.3, -0.25) is 4.79 Å². The fourth-order valence-corrected chi connectivity index (χ4v) is 1.04. The zero-order chi connectivity index (χ0) is 12.1. The number of aliphatic carboxylic acids is 1. The second-order valence-electron chi connectivity index (χ2n) is 3.32. The minimum absolute atomic E-state index is 0.0733. The molecular weight excluding hydrogens is 202 g/mol. The fourth-order valence-electron chi connectivity index (χ4n) is 1.04. The van der Waals surface area contributed by atoms with Gasteiger partial charge in [0, 0.05) is 0 Å². The number of carboxylic acid groups (broad SMARTS) is 1. The summed E-state index contributed by atoms with van der Waals surface area (Å²) < 4.78 is 0. The molecule has 6 nitrogen and oxygen atoms in total. The number of aliphatic hydroxyl groups excluding tert-OH is 3. The van der Waals surface area contributed by atoms with Gasteiger partial charge in [0.1, 0.15) is 6.10 Å². The van der Waals surface area contributed by atoms with Crippen molar-refractivity contribution in [1.82, 2.24) is 0 Å². The van der Waals surface area contributed by atoms with E-state index in [1.54, 1.807) is 19.1 Å². The monoisotopic (exact) mass is 219 g/mol. The summed E-state index contributed by atoms with van der Waals surface area (Å²) in [7, 11) is 0. The Kier molecular flexibility index (Phi) is 5.45. The number of allylic oxidation sites excluding steroid dienone is 1. The summed E-state index contributed by atoms with van der Waals surface area (Å²) in [5.41, 5.74) is 3.04. The quantitative estimate of drug-likeness (QED) is 0.344. The zero-order valence-corrected chi connectivity index (χ0v) is 8.50. The van der Waals surface area contributed by atoms with E-state index in [4.69, 9.17) is 15.9 Å². The molecule has 0 rings (SSSR count). The highest BCUT2D eigenvalue weighted by molar-refractivity contribution is 5.79. The maximum atomic E-state index is 10.7. The van der Waals surface area contributed by atoms with E-state index in [9.17, 15) is 15.0 Å². The minimum Gasteiger partial charge on any atom is -0.480 e. The highest BCUT2D eigenvalue weighted by Crippen LogP contribution is 2.13. The van der Waals surface area contributed by atoms with Crippen LogP contribution in [0.1, 0.15) is 13.3 Å². The molecule has 15 heavy (non-hydrogen) atoms. The Balaban J connectivity index is 4.64. The van der Waals surface area contributed by atoms with E-state index in [2.05, 4.69) is 0 Å². The lowest BCUT2D eigenvalue weighted by Crippen LogP contribution is -2.63. The van der Waals surface area contributed by atoms with Crippen molar-refractivity contribution in [2.45, 2.75) is 31.1 Å². The first-order valence-electron chi connectivity index (χ1n) is 4.50. The molecule has 0 aromatic heterocycles. The van der Waals surface area contributed by atoms with Crippen LogP contribution < -0.4 is 5.73 Å². The van der Waals surface area contributed by atoms with Crippen molar-refractivity contribution in [2.24, 2.45) is 5.73 Å². The summed E-state index contributed by atoms with van der Waals surface area (Å²) in [6, 6.07) is 0. The van der Waals surface area contributed by atoms with Crippen molar-refractivity contribution in [3.8, 4) is 0 Å². The second kappa shape index (κ2) is 5.82. The van der Waals surface area contributed by atoms with Crippen molar-refractivity contribution in [1.29, 1.82) is 0 Å². The van der Waals surface area contributed by atoms with Crippen molar-refractivity contribution >= 4 is 5.97 Å². The van der Waals surface area contributed by atoms with Gasteiger partial charge in [-0.2, -0.15) is 0 Å². The van der Waals surface area contributed by atoms with Crippen LogP contribution in [0.3, 0.4) is 0 Å². The predicted octanol–water partition coefficient (Wildman–Crippen LogP) is -1.55. The van der Waals surface area contributed by atoms with Gasteiger partial charge in [-0.25, -0.2) is 0 Å². The van der Waals surface area contributed by atoms with E-state index >= 15 is 0 Å². The Morgan fingerprint density at radius 2 is 2.07 bits per heavy atom. The number of hydrogen-bond donors (Lipinski definition) is 5. The summed E-state index contributed by atoms with van der Waals surface area (Å²) >= 11 is 0. The van der Waals surface area contributed by atoms with Crippen molar-refractivity contribution < 1.29 is 25.2 Å². The molecule has 3 unspecified atom stereocenters. The van der Waals surface area contributed by atoms with Crippen LogP contribution in [0.25, 0.3) is 0 Å². The van der Waals surface area contributed by atoms with Gasteiger partial charge in [0.2, 0.25) is 0 Å². The first kappa shape index (κ1) is 14.1. The molecule has 0 radical (unpaired) electrons. The number of rotatable bonds is 6. The third-order valence-corrected chi connectivity index (χ3v) is 2.17. The molecule has 0 amide bonds. The topological polar surface area (TPSA) is 124 Å². The maximum Gasteiger partial charge on any atom is 0.328 e. The lowest BCUT2D eigenvalue weighted by atomic mass is 9.89. The highest BCUT2D eigenvalue weighted by atomic mass is 16.4. The molecule has 0 aromatic rings. The molecule has 0 heterocycles. The average Bonchev–Trinajstić information content (AvgIpc) is 2.23. The summed E-state index contributed by atoms with van der Waals surface area (Å²) in [5.74, 6) is -1.56. The molecule has 0 saturated carbocycles. The molecule has 0 saturated heterocycles. The van der Waals surface area contributed by atoms with Crippen LogP contribution in [0.5, 0.6) is 0 Å². The predicted molar refractivity (Wildman–Crippen MR) is 53.1 cm³/mol. The molecule has 6 heteroatoms. The van der Waals surface area contributed by atoms with Crippen LogP contribution in [-0.4, -0.2) is 50.7 Å². The summed E-state index contributed by atoms with van der Waals surface area (Å²) in [6.45, 7) is 0.772. The maximum absolute atomic E-state index is 10.7. The molecule has 0 aliphatic rings. The van der Waals surface area contributed by atoms with Gasteiger partial charge in [-0.1, -0.05) is 12.2 Å². The second-order valence-corrected chi connectivity index (χ2v) is 3.32. The molecule has 3 atom stereocenters. The normalized spacial score (nSPS) is 19.8. The molecule has 0 bridgehead atoms. The number of nitrogens with two attached hydrogens (primary N) is 1. The fraction of sp³-hybridized carbons (Fsp3) is 0.667. The molecule has 0 aliphatic heterocycles. The molecule has 0 aliphatic carbocycles. The van der Waals surface area contributed by atoms with E-state index in [0.717, 1.165) is 0 Å². The Bertz CT molecular complexity index is 243. The van der Waals surface area contributed by atoms with Gasteiger partial charge in [-0.05, 0) is 13.3 Å². The van der Waals surface area contributed by atoms with E-state index < -0.39 is 30.3 Å². The first-order chi connectivity index (χ1) is 6.90. The zero-order valence-electron chi connectivity index (χ0n) is 8.50. The van der Waals surface area contributed by atoms with Gasteiger partial charge in [0.15, 0.2) is 5.54 Å². The van der Waals surface area contributed by atoms with E-state index in [1.807, 2.05) is 0 Å². The largest absolute Gasteiger partial charge is 0.480 e. The lowest BCUT2D eigenvalue weighted by molar-refractivity contribution is -0.154. The molecule has 88 valence electrons. The lowest BCUT2D eigenvalue weighted by Gasteiger charge is -2.30. The van der Waals surface area contributed by atoms with Crippen LogP contribution in [0.15, 0.2) is 12.2 Å². The molecule has 0 fully saturated rings. The van der Waals surface area contributed by atoms with Crippen LogP contribution in [0.4, 0.5) is 0 Å². The Morgan fingerprint density at radius 3 is 2.40 bits per heavy atom. The Morgan fingerprint density at radius 1 is 1.53 bits per heavy atom. The number of hydrogen-bond acceptors (Lipinski definition) is 5. The van der Waals surface area contributed by atoms with Crippen LogP contribution >= 0.6 is 0 Å². The molecule has 6 N–H and O–H groups in total. The van der Waals surface area contributed by atoms with Crippen molar-refractivity contribution in [3.05, 3.63) is 12.2 Å². The van der Waals surface area contributed by atoms with E-state index in [1.165, 1.54) is 0 Å². The van der Waals surface area contributed by atoms with Crippen LogP contribution in [0, 0.1) is 0 Å². The smallest absolute Gasteiger partial charge is 0.328 e. The van der Waals surface area contributed by atoms with Gasteiger partial charge in [0.05, 0.1) is 12.7 Å². The highest BCUT2D eigenvalue weighted by Gasteiger charge is 2.44. The van der Waals surface area contributed by atoms with Crippen LogP contribution in [-0.2, 0) is 4.79 Å². The van der Waals surface area contributed by atoms with E-state index in [-0.39, 0.29) is 6.42 Å². The molecule has 0 aromatic carbocycles. The minimum atomic E-state index is -2.24. The van der Waals surface area contributed by atoms with Gasteiger partial charge in [0.25, 0.3) is 0 Å². The number of aliphatic hydroxyl groups is 3. The number of carboxylic acids is 1. The Labute approximate surface area is 87.6 Å². The van der Waals surface area contributed by atoms with Crippen molar-refractivity contribution in [3.63, 3.8) is 0 Å². The van der Waals surface area contributed by atoms with E-state index in [0.29, 0.717) is 0 Å². The summed E-state index contributed by atoms with van der Waals surface area (Å²) in [5, 5.41) is 36.4. The van der Waals surface area contributed by atoms with Gasteiger partial charge < -0.3 is 26.2 Å². The van der Waals surface area contributed by atoms with Gasteiger partial charge >= 0.3 is 5.97 Å². The number of carbonyl (C=O) groups is 1. The standard InChI is InChI=1S/C9H17NO5/c1-2-3-4-6(12)7(13)9(10,5-11)8(14)15/h2-3,6-7,11-13H,4-5,10H2,1H3,(H,14,15)/b3-2+. The third kappa shape index (κ3) is 3.28. The summed E-state index contributed by atoms with van der Waals surface area (Å²) in [6.07, 6.45) is 0.233. The summed E-state index contributed by atoms with van der Waals surface area (Å²) in [4.78, 5) is 10.7. The van der Waals surface area contributed by atoms with Gasteiger partial charge in [-0.15, -0.1) is 0 Å². The first-order valence-corrected chi connectivity index (χ1v) is 4.50.